The van der Waals surface area contributed by atoms with Crippen LogP contribution in [-0.4, -0.2) is 78.2 Å². The van der Waals surface area contributed by atoms with Gasteiger partial charge in [0.25, 0.3) is 0 Å². The first-order chi connectivity index (χ1) is 33.3. The van der Waals surface area contributed by atoms with Crippen LogP contribution in [-0.2, 0) is 51.6 Å². The Balaban J connectivity index is 0.000000235. The van der Waals surface area contributed by atoms with Crippen molar-refractivity contribution in [3.8, 4) is 0 Å². The Kier molecular flexibility index (Phi) is 16.5. The number of nitrogens with zero attached hydrogens (tertiary/aromatic N) is 2. The van der Waals surface area contributed by atoms with Crippen molar-refractivity contribution in [3.05, 3.63) is 59.7 Å². The molecule has 1 amide bonds. The van der Waals surface area contributed by atoms with E-state index in [-0.39, 0.29) is 86.3 Å². The van der Waals surface area contributed by atoms with Crippen molar-refractivity contribution in [1.82, 2.24) is 8.61 Å². The summed E-state index contributed by atoms with van der Waals surface area (Å²) in [5.74, 6) is -0.408. The Morgan fingerprint density at radius 1 is 0.589 bits per heavy atom. The number of ketones is 2. The van der Waals surface area contributed by atoms with Gasteiger partial charge in [-0.15, -0.1) is 0 Å². The molecule has 20 heteroatoms. The standard InChI is InChI=1S/C26H35F3N2O4S.C26H34F3NO5S.CH4/c1-4-9-31(36(34,35)21-8-6-5-7-20(21)26(27,28)29)24(2,3)22(32)12-19-17-10-16-11-18(19)15-25(13-16,14-17)23(30)33;1-4-9-30(36(34,35)21-8-6-5-7-20(21)26(27,28)29)24(2,3)22(31)12-19-17-10-16-11-18(19)15-25(13-16,14-17)23(32)33;/h5-8,16-19H,4,9-15H2,1-3H3,(H2,30,33);5-8,16-19H,4,9-15H2,1-3H3,(H,32,33);1H4. The van der Waals surface area contributed by atoms with Gasteiger partial charge in [0.05, 0.1) is 37.4 Å². The quantitative estimate of drug-likeness (QED) is 0.137. The summed E-state index contributed by atoms with van der Waals surface area (Å²) in [5, 5.41) is 9.87. The highest BCUT2D eigenvalue weighted by Crippen LogP contribution is 2.64. The van der Waals surface area contributed by atoms with Crippen LogP contribution >= 0.6 is 0 Å². The molecule has 73 heavy (non-hydrogen) atoms. The van der Waals surface area contributed by atoms with Crippen LogP contribution in [0.1, 0.15) is 150 Å². The molecular formula is C53H73F6N3O9S2. The lowest BCUT2D eigenvalue weighted by molar-refractivity contribution is -0.171. The average Bonchev–Trinajstić information content (AvgIpc) is 3.28. The number of carboxylic acids is 1. The van der Waals surface area contributed by atoms with Gasteiger partial charge in [0, 0.05) is 31.3 Å². The highest BCUT2D eigenvalue weighted by Gasteiger charge is 2.61. The number of amides is 1. The molecule has 0 heterocycles. The van der Waals surface area contributed by atoms with E-state index < -0.39 is 81.2 Å². The predicted molar refractivity (Wildman–Crippen MR) is 261 cm³/mol. The zero-order chi connectivity index (χ0) is 53.4. The lowest BCUT2D eigenvalue weighted by Crippen LogP contribution is -2.58. The first-order valence-corrected chi connectivity index (χ1v) is 28.1. The van der Waals surface area contributed by atoms with Crippen molar-refractivity contribution in [3.63, 3.8) is 0 Å². The summed E-state index contributed by atoms with van der Waals surface area (Å²) in [6.45, 7) is 9.15. The van der Waals surface area contributed by atoms with Gasteiger partial charge in [0.15, 0.2) is 11.6 Å². The predicted octanol–water partition coefficient (Wildman–Crippen LogP) is 10.8. The molecule has 12 nitrogen and oxygen atoms in total. The third-order valence-corrected chi connectivity index (χ3v) is 22.0. The normalized spacial score (nSPS) is 29.7. The van der Waals surface area contributed by atoms with E-state index in [9.17, 15) is 67.5 Å². The van der Waals surface area contributed by atoms with Crippen LogP contribution in [0.15, 0.2) is 58.3 Å². The highest BCUT2D eigenvalue weighted by atomic mass is 32.2. The minimum atomic E-state index is -4.86. The number of carboxylic acid groups (broad SMARTS) is 1. The van der Waals surface area contributed by atoms with E-state index in [1.165, 1.54) is 39.8 Å². The van der Waals surface area contributed by atoms with Crippen molar-refractivity contribution in [1.29, 1.82) is 0 Å². The summed E-state index contributed by atoms with van der Waals surface area (Å²) in [5.41, 5.74) is -1.05. The molecule has 0 aliphatic heterocycles. The number of aliphatic carboxylic acids is 1. The summed E-state index contributed by atoms with van der Waals surface area (Å²) < 4.78 is 138. The molecule has 0 saturated heterocycles. The topological polar surface area (TPSA) is 189 Å². The number of Topliss-reactive ketones (excluding diaryl/α,β-unsaturated/α-hetero) is 2. The Bertz CT molecular complexity index is 2440. The van der Waals surface area contributed by atoms with Gasteiger partial charge in [-0.25, -0.2) is 16.8 Å². The van der Waals surface area contributed by atoms with Crippen LogP contribution in [0.5, 0.6) is 0 Å². The fourth-order valence-electron chi connectivity index (χ4n) is 14.6. The van der Waals surface area contributed by atoms with E-state index in [1.54, 1.807) is 13.8 Å². The SMILES string of the molecule is C.CCCN(C(C)(C)C(=O)CC1C2CC3CC1CC(C(=O)O)(C3)C2)S(=O)(=O)c1ccccc1C(F)(F)F.CCCN(C(C)(C)C(=O)CC1C2CC3CC1CC(C(N)=O)(C3)C2)S(=O)(=O)c1ccccc1C(F)(F)F. The summed E-state index contributed by atoms with van der Waals surface area (Å²) >= 11 is 0. The molecule has 10 rings (SSSR count). The van der Waals surface area contributed by atoms with Gasteiger partial charge in [-0.05, 0) is 176 Å². The molecule has 2 aromatic rings. The van der Waals surface area contributed by atoms with Gasteiger partial charge in [-0.1, -0.05) is 45.5 Å². The van der Waals surface area contributed by atoms with Gasteiger partial charge in [-0.3, -0.25) is 19.2 Å². The Morgan fingerprint density at radius 3 is 1.21 bits per heavy atom. The fourth-order valence-corrected chi connectivity index (χ4v) is 18.7. The molecule has 3 N–H and O–H groups in total. The average molecular weight is 1070 g/mol. The Morgan fingerprint density at radius 2 is 0.904 bits per heavy atom. The Hall–Kier alpha value is -3.88. The Labute approximate surface area is 426 Å². The molecule has 2 aromatic carbocycles. The monoisotopic (exact) mass is 1070 g/mol. The number of alkyl halides is 6. The number of carbonyl (C=O) groups excluding carboxylic acids is 3. The lowest BCUT2D eigenvalue weighted by Gasteiger charge is -2.59. The van der Waals surface area contributed by atoms with Crippen molar-refractivity contribution in [2.24, 2.45) is 63.9 Å². The molecular weight excluding hydrogens is 1000 g/mol. The third-order valence-electron chi connectivity index (χ3n) is 17.7. The zero-order valence-electron chi connectivity index (χ0n) is 41.8. The lowest BCUT2D eigenvalue weighted by atomic mass is 9.45. The van der Waals surface area contributed by atoms with Gasteiger partial charge in [0.2, 0.25) is 26.0 Å². The summed E-state index contributed by atoms with van der Waals surface area (Å²) in [6, 6.07) is 8.14. The number of halogens is 6. The van der Waals surface area contributed by atoms with Crippen LogP contribution in [0.2, 0.25) is 0 Å². The minimum absolute atomic E-state index is 0. The number of nitrogens with two attached hydrogens (primary N) is 1. The third kappa shape index (κ3) is 10.8. The zero-order valence-corrected chi connectivity index (χ0v) is 43.5. The number of rotatable bonds is 18. The van der Waals surface area contributed by atoms with E-state index in [4.69, 9.17) is 5.73 Å². The van der Waals surface area contributed by atoms with Crippen LogP contribution < -0.4 is 5.73 Å². The molecule has 0 spiro atoms. The van der Waals surface area contributed by atoms with Gasteiger partial charge < -0.3 is 10.8 Å². The van der Waals surface area contributed by atoms with Gasteiger partial charge in [0.1, 0.15) is 0 Å². The van der Waals surface area contributed by atoms with Crippen molar-refractivity contribution in [2.75, 3.05) is 13.1 Å². The second-order valence-corrected chi connectivity index (χ2v) is 26.7. The maximum absolute atomic E-state index is 13.7. The second-order valence-electron chi connectivity index (χ2n) is 23.0. The van der Waals surface area contributed by atoms with Crippen LogP contribution in [0.25, 0.3) is 0 Å². The molecule has 408 valence electrons. The summed E-state index contributed by atoms with van der Waals surface area (Å²) in [4.78, 5) is 50.0. The molecule has 0 aromatic heterocycles. The molecule has 8 aliphatic carbocycles. The molecule has 8 aliphatic rings. The van der Waals surface area contributed by atoms with Crippen LogP contribution in [0.3, 0.4) is 0 Å². The first-order valence-electron chi connectivity index (χ1n) is 25.2. The van der Waals surface area contributed by atoms with Crippen molar-refractivity contribution >= 4 is 43.5 Å². The molecule has 8 fully saturated rings. The van der Waals surface area contributed by atoms with E-state index in [2.05, 4.69) is 0 Å². The first kappa shape index (κ1) is 58.4. The van der Waals surface area contributed by atoms with E-state index in [0.29, 0.717) is 56.8 Å². The molecule has 4 unspecified atom stereocenters. The number of hydrogen-bond donors (Lipinski definition) is 2. The number of benzene rings is 2. The van der Waals surface area contributed by atoms with E-state index >= 15 is 0 Å². The van der Waals surface area contributed by atoms with Crippen molar-refractivity contribution < 1.29 is 67.5 Å². The summed E-state index contributed by atoms with van der Waals surface area (Å²) in [7, 11) is -9.28. The largest absolute Gasteiger partial charge is 0.481 e. The molecule has 0 radical (unpaired) electrons. The fraction of sp³-hybridized carbons (Fsp3) is 0.698. The number of sulfonamides is 2. The van der Waals surface area contributed by atoms with Crippen molar-refractivity contribution in [2.45, 2.75) is 172 Å². The second kappa shape index (κ2) is 20.6. The summed E-state index contributed by atoms with van der Waals surface area (Å²) in [6.07, 6.45) is -1.35. The van der Waals surface area contributed by atoms with E-state index in [1.807, 2.05) is 0 Å². The maximum Gasteiger partial charge on any atom is 0.417 e. The molecule has 4 atom stereocenters. The molecule has 8 bridgehead atoms. The number of carbonyl (C=O) groups is 4. The van der Waals surface area contributed by atoms with Gasteiger partial charge in [-0.2, -0.15) is 35.0 Å². The van der Waals surface area contributed by atoms with Crippen LogP contribution in [0.4, 0.5) is 26.3 Å². The number of primary amides is 1. The maximum atomic E-state index is 13.7. The van der Waals surface area contributed by atoms with Gasteiger partial charge >= 0.3 is 18.3 Å². The smallest absolute Gasteiger partial charge is 0.417 e. The number of hydrogen-bond acceptors (Lipinski definition) is 8. The highest BCUT2D eigenvalue weighted by molar-refractivity contribution is 7.89. The minimum Gasteiger partial charge on any atom is -0.481 e. The van der Waals surface area contributed by atoms with Crippen LogP contribution in [0, 0.1) is 58.2 Å². The van der Waals surface area contributed by atoms with E-state index in [0.717, 1.165) is 77.1 Å². The molecule has 8 saturated carbocycles.